The van der Waals surface area contributed by atoms with Gasteiger partial charge in [-0.05, 0) is 43.9 Å². The van der Waals surface area contributed by atoms with Gasteiger partial charge in [0.05, 0.1) is 11.9 Å². The van der Waals surface area contributed by atoms with Crippen molar-refractivity contribution in [1.29, 1.82) is 0 Å². The van der Waals surface area contributed by atoms with Crippen LogP contribution >= 0.6 is 0 Å². The van der Waals surface area contributed by atoms with E-state index in [1.165, 1.54) is 0 Å². The van der Waals surface area contributed by atoms with Gasteiger partial charge in [-0.1, -0.05) is 13.8 Å². The SMILES string of the molecule is CCS(=O)(=O)CCCC1CC(C)CCC1O. The van der Waals surface area contributed by atoms with E-state index >= 15 is 0 Å². The van der Waals surface area contributed by atoms with Gasteiger partial charge in [-0.2, -0.15) is 0 Å². The standard InChI is InChI=1S/C12H24O3S/c1-3-16(14,15)8-4-5-11-9-10(2)6-7-12(11)13/h10-13H,3-9H2,1-2H3. The number of sulfone groups is 1. The van der Waals surface area contributed by atoms with E-state index in [2.05, 4.69) is 6.92 Å². The quantitative estimate of drug-likeness (QED) is 0.809. The first-order valence-electron chi connectivity index (χ1n) is 6.33. The molecule has 1 N–H and O–H groups in total. The first kappa shape index (κ1) is 14.0. The molecule has 0 aliphatic heterocycles. The van der Waals surface area contributed by atoms with Crippen LogP contribution in [-0.2, 0) is 9.84 Å². The molecule has 1 rings (SSSR count). The van der Waals surface area contributed by atoms with E-state index in [4.69, 9.17) is 0 Å². The van der Waals surface area contributed by atoms with Crippen LogP contribution in [0.25, 0.3) is 0 Å². The van der Waals surface area contributed by atoms with Crippen molar-refractivity contribution in [2.45, 2.75) is 52.1 Å². The molecule has 1 fully saturated rings. The maximum atomic E-state index is 11.3. The minimum Gasteiger partial charge on any atom is -0.393 e. The van der Waals surface area contributed by atoms with Crippen LogP contribution in [0.1, 0.15) is 46.0 Å². The summed E-state index contributed by atoms with van der Waals surface area (Å²) in [4.78, 5) is 0. The van der Waals surface area contributed by atoms with Crippen molar-refractivity contribution in [3.05, 3.63) is 0 Å². The second-order valence-electron chi connectivity index (χ2n) is 5.12. The first-order valence-corrected chi connectivity index (χ1v) is 8.15. The fraction of sp³-hybridized carbons (Fsp3) is 1.00. The molecule has 96 valence electrons. The Kier molecular flexibility index (Phi) is 5.25. The van der Waals surface area contributed by atoms with Crippen LogP contribution in [0, 0.1) is 11.8 Å². The third kappa shape index (κ3) is 4.42. The lowest BCUT2D eigenvalue weighted by Gasteiger charge is -2.31. The highest BCUT2D eigenvalue weighted by Crippen LogP contribution is 2.31. The van der Waals surface area contributed by atoms with Crippen molar-refractivity contribution >= 4 is 9.84 Å². The largest absolute Gasteiger partial charge is 0.393 e. The molecule has 0 spiro atoms. The molecular weight excluding hydrogens is 224 g/mol. The van der Waals surface area contributed by atoms with Crippen LogP contribution < -0.4 is 0 Å². The van der Waals surface area contributed by atoms with Crippen LogP contribution in [0.3, 0.4) is 0 Å². The first-order chi connectivity index (χ1) is 7.44. The lowest BCUT2D eigenvalue weighted by molar-refractivity contribution is 0.0472. The van der Waals surface area contributed by atoms with Crippen LogP contribution in [0.2, 0.25) is 0 Å². The van der Waals surface area contributed by atoms with Gasteiger partial charge in [-0.15, -0.1) is 0 Å². The minimum absolute atomic E-state index is 0.208. The zero-order valence-electron chi connectivity index (χ0n) is 10.4. The average molecular weight is 248 g/mol. The number of aliphatic hydroxyl groups is 1. The van der Waals surface area contributed by atoms with E-state index < -0.39 is 9.84 Å². The molecule has 4 heteroatoms. The summed E-state index contributed by atoms with van der Waals surface area (Å²) >= 11 is 0. The van der Waals surface area contributed by atoms with Gasteiger partial charge < -0.3 is 5.11 Å². The van der Waals surface area contributed by atoms with Crippen LogP contribution in [0.5, 0.6) is 0 Å². The highest BCUT2D eigenvalue weighted by Gasteiger charge is 2.26. The Hall–Kier alpha value is -0.0900. The van der Waals surface area contributed by atoms with Gasteiger partial charge in [0.1, 0.15) is 9.84 Å². The molecule has 16 heavy (non-hydrogen) atoms. The Morgan fingerprint density at radius 2 is 2.00 bits per heavy atom. The average Bonchev–Trinajstić information content (AvgIpc) is 2.23. The lowest BCUT2D eigenvalue weighted by atomic mass is 9.78. The van der Waals surface area contributed by atoms with Crippen molar-refractivity contribution in [3.63, 3.8) is 0 Å². The number of aliphatic hydroxyl groups excluding tert-OH is 1. The van der Waals surface area contributed by atoms with Crippen molar-refractivity contribution in [2.75, 3.05) is 11.5 Å². The molecule has 3 unspecified atom stereocenters. The van der Waals surface area contributed by atoms with Gasteiger partial charge in [0.15, 0.2) is 0 Å². The molecule has 3 nitrogen and oxygen atoms in total. The molecule has 0 radical (unpaired) electrons. The summed E-state index contributed by atoms with van der Waals surface area (Å²) in [6, 6.07) is 0. The summed E-state index contributed by atoms with van der Waals surface area (Å²) < 4.78 is 22.6. The third-order valence-electron chi connectivity index (χ3n) is 3.67. The zero-order chi connectivity index (χ0) is 12.2. The summed E-state index contributed by atoms with van der Waals surface area (Å²) in [6.45, 7) is 3.90. The van der Waals surface area contributed by atoms with Gasteiger partial charge in [0, 0.05) is 5.75 Å². The topological polar surface area (TPSA) is 54.4 Å². The Morgan fingerprint density at radius 1 is 1.31 bits per heavy atom. The molecule has 0 heterocycles. The normalized spacial score (nSPS) is 31.6. The van der Waals surface area contributed by atoms with Crippen molar-refractivity contribution < 1.29 is 13.5 Å². The Labute approximate surface area is 99.2 Å². The summed E-state index contributed by atoms with van der Waals surface area (Å²) in [5.41, 5.74) is 0. The van der Waals surface area contributed by atoms with Gasteiger partial charge in [0.25, 0.3) is 0 Å². The molecule has 0 amide bonds. The molecule has 0 bridgehead atoms. The highest BCUT2D eigenvalue weighted by molar-refractivity contribution is 7.91. The van der Waals surface area contributed by atoms with Crippen LogP contribution in [-0.4, -0.2) is 31.1 Å². The second kappa shape index (κ2) is 6.01. The monoisotopic (exact) mass is 248 g/mol. The highest BCUT2D eigenvalue weighted by atomic mass is 32.2. The smallest absolute Gasteiger partial charge is 0.150 e. The fourth-order valence-electron chi connectivity index (χ4n) is 2.50. The molecular formula is C12H24O3S. The number of hydrogen-bond acceptors (Lipinski definition) is 3. The molecule has 1 aliphatic rings. The van der Waals surface area contributed by atoms with E-state index in [0.29, 0.717) is 18.3 Å². The van der Waals surface area contributed by atoms with Crippen LogP contribution in [0.4, 0.5) is 0 Å². The lowest BCUT2D eigenvalue weighted by Crippen LogP contribution is -2.28. The van der Waals surface area contributed by atoms with E-state index in [1.54, 1.807) is 6.92 Å². The molecule has 0 saturated heterocycles. The van der Waals surface area contributed by atoms with Gasteiger partial charge in [0.2, 0.25) is 0 Å². The Bertz CT molecular complexity index is 297. The van der Waals surface area contributed by atoms with Gasteiger partial charge >= 0.3 is 0 Å². The fourth-order valence-corrected chi connectivity index (χ4v) is 3.40. The second-order valence-corrected chi connectivity index (χ2v) is 7.60. The molecule has 0 aromatic carbocycles. The molecule has 1 saturated carbocycles. The van der Waals surface area contributed by atoms with E-state index in [-0.39, 0.29) is 17.6 Å². The van der Waals surface area contributed by atoms with E-state index in [0.717, 1.165) is 25.7 Å². The maximum Gasteiger partial charge on any atom is 0.150 e. The van der Waals surface area contributed by atoms with Gasteiger partial charge in [-0.3, -0.25) is 0 Å². The van der Waals surface area contributed by atoms with E-state index in [9.17, 15) is 13.5 Å². The van der Waals surface area contributed by atoms with Crippen molar-refractivity contribution in [1.82, 2.24) is 0 Å². The third-order valence-corrected chi connectivity index (χ3v) is 5.46. The Balaban J connectivity index is 2.31. The maximum absolute atomic E-state index is 11.3. The summed E-state index contributed by atoms with van der Waals surface area (Å²) in [7, 11) is -2.83. The predicted molar refractivity (Wildman–Crippen MR) is 66.1 cm³/mol. The Morgan fingerprint density at radius 3 is 2.62 bits per heavy atom. The zero-order valence-corrected chi connectivity index (χ0v) is 11.2. The molecule has 1 aliphatic carbocycles. The number of hydrogen-bond donors (Lipinski definition) is 1. The molecule has 0 aromatic rings. The van der Waals surface area contributed by atoms with Crippen molar-refractivity contribution in [3.8, 4) is 0 Å². The van der Waals surface area contributed by atoms with Crippen LogP contribution in [0.15, 0.2) is 0 Å². The van der Waals surface area contributed by atoms with Crippen molar-refractivity contribution in [2.24, 2.45) is 11.8 Å². The summed E-state index contributed by atoms with van der Waals surface area (Å²) in [5, 5.41) is 9.82. The predicted octanol–water partition coefficient (Wildman–Crippen LogP) is 2.00. The molecule has 3 atom stereocenters. The van der Waals surface area contributed by atoms with Gasteiger partial charge in [-0.25, -0.2) is 8.42 Å². The summed E-state index contributed by atoms with van der Waals surface area (Å²) in [6.07, 6.45) is 4.38. The van der Waals surface area contributed by atoms with E-state index in [1.807, 2.05) is 0 Å². The number of rotatable bonds is 5. The summed E-state index contributed by atoms with van der Waals surface area (Å²) in [5.74, 6) is 1.50. The minimum atomic E-state index is -2.83. The molecule has 0 aromatic heterocycles.